The minimum atomic E-state index is 0.510. The van der Waals surface area contributed by atoms with Crippen molar-refractivity contribution in [3.05, 3.63) is 6.42 Å². The van der Waals surface area contributed by atoms with E-state index in [1.54, 1.807) is 0 Å². The van der Waals surface area contributed by atoms with E-state index in [0.717, 1.165) is 5.92 Å². The second-order valence-electron chi connectivity index (χ2n) is 4.38. The molecular weight excluding hydrogens is 120 g/mol. The molecule has 1 saturated carbocycles. The lowest BCUT2D eigenvalue weighted by molar-refractivity contribution is 0.377. The highest BCUT2D eigenvalue weighted by Gasteiger charge is 2.23. The van der Waals surface area contributed by atoms with Crippen molar-refractivity contribution in [3.8, 4) is 0 Å². The van der Waals surface area contributed by atoms with E-state index >= 15 is 0 Å². The molecular formula is C10H19. The molecule has 0 N–H and O–H groups in total. The summed E-state index contributed by atoms with van der Waals surface area (Å²) < 4.78 is 0. The number of rotatable bonds is 0. The lowest BCUT2D eigenvalue weighted by Gasteiger charge is -2.23. The Labute approximate surface area is 65.0 Å². The van der Waals surface area contributed by atoms with Gasteiger partial charge in [0.15, 0.2) is 0 Å². The first-order valence-corrected chi connectivity index (χ1v) is 4.46. The Morgan fingerprint density at radius 3 is 2.70 bits per heavy atom. The van der Waals surface area contributed by atoms with Crippen LogP contribution in [0, 0.1) is 17.8 Å². The summed E-state index contributed by atoms with van der Waals surface area (Å²) in [6.45, 7) is 7.05. The highest BCUT2D eigenvalue weighted by molar-refractivity contribution is 4.90. The highest BCUT2D eigenvalue weighted by atomic mass is 14.3. The first-order chi connectivity index (χ1) is 4.60. The molecule has 0 heteroatoms. The molecule has 0 saturated heterocycles. The van der Waals surface area contributed by atoms with Gasteiger partial charge in [0, 0.05) is 0 Å². The van der Waals surface area contributed by atoms with Gasteiger partial charge in [-0.25, -0.2) is 0 Å². The van der Waals surface area contributed by atoms with Crippen molar-refractivity contribution in [2.45, 2.75) is 46.5 Å². The van der Waals surface area contributed by atoms with Crippen LogP contribution in [0.3, 0.4) is 0 Å². The summed E-state index contributed by atoms with van der Waals surface area (Å²) in [4.78, 5) is 0. The lowest BCUT2D eigenvalue weighted by Crippen LogP contribution is -2.13. The van der Waals surface area contributed by atoms with Gasteiger partial charge in [-0.2, -0.15) is 0 Å². The fourth-order valence-corrected chi connectivity index (χ4v) is 1.98. The molecule has 0 aromatic carbocycles. The van der Waals surface area contributed by atoms with Crippen molar-refractivity contribution in [1.82, 2.24) is 0 Å². The molecule has 1 rings (SSSR count). The van der Waals surface area contributed by atoms with Crippen LogP contribution in [0.5, 0.6) is 0 Å². The average molecular weight is 139 g/mol. The fourth-order valence-electron chi connectivity index (χ4n) is 1.98. The Bertz CT molecular complexity index is 103. The molecule has 1 aliphatic rings. The van der Waals surface area contributed by atoms with Crippen molar-refractivity contribution >= 4 is 0 Å². The van der Waals surface area contributed by atoms with Crippen LogP contribution in [-0.2, 0) is 0 Å². The summed E-state index contributed by atoms with van der Waals surface area (Å²) in [6.07, 6.45) is 8.18. The van der Waals surface area contributed by atoms with Crippen LogP contribution in [0.2, 0.25) is 0 Å². The van der Waals surface area contributed by atoms with E-state index < -0.39 is 0 Å². The van der Waals surface area contributed by atoms with Gasteiger partial charge >= 0.3 is 0 Å². The summed E-state index contributed by atoms with van der Waals surface area (Å²) in [6, 6.07) is 0. The van der Waals surface area contributed by atoms with Crippen LogP contribution in [0.4, 0.5) is 0 Å². The number of hydrogen-bond acceptors (Lipinski definition) is 0. The highest BCUT2D eigenvalue weighted by Crippen LogP contribution is 2.35. The molecule has 1 fully saturated rings. The molecule has 0 spiro atoms. The van der Waals surface area contributed by atoms with Crippen LogP contribution in [0.25, 0.3) is 0 Å². The summed E-state index contributed by atoms with van der Waals surface area (Å²) >= 11 is 0. The van der Waals surface area contributed by atoms with Gasteiger partial charge in [0.1, 0.15) is 0 Å². The third-order valence-corrected chi connectivity index (χ3v) is 2.47. The van der Waals surface area contributed by atoms with Gasteiger partial charge in [-0.1, -0.05) is 40.0 Å². The molecule has 10 heavy (non-hydrogen) atoms. The van der Waals surface area contributed by atoms with E-state index in [1.165, 1.54) is 25.7 Å². The van der Waals surface area contributed by atoms with Crippen molar-refractivity contribution in [3.63, 3.8) is 0 Å². The second kappa shape index (κ2) is 2.94. The van der Waals surface area contributed by atoms with E-state index in [-0.39, 0.29) is 0 Å². The van der Waals surface area contributed by atoms with Crippen LogP contribution in [-0.4, -0.2) is 0 Å². The monoisotopic (exact) mass is 139 g/mol. The maximum absolute atomic E-state index is 2.53. The van der Waals surface area contributed by atoms with Crippen LogP contribution >= 0.6 is 0 Å². The Morgan fingerprint density at radius 1 is 1.30 bits per heavy atom. The molecule has 0 heterocycles. The molecule has 0 aromatic rings. The Morgan fingerprint density at radius 2 is 2.00 bits per heavy atom. The van der Waals surface area contributed by atoms with Crippen LogP contribution in [0.1, 0.15) is 46.5 Å². The van der Waals surface area contributed by atoms with E-state index in [1.807, 2.05) is 0 Å². The van der Waals surface area contributed by atoms with Crippen molar-refractivity contribution in [2.24, 2.45) is 11.3 Å². The minimum absolute atomic E-state index is 0.510. The van der Waals surface area contributed by atoms with Crippen LogP contribution in [0.15, 0.2) is 0 Å². The predicted octanol–water partition coefficient (Wildman–Crippen LogP) is 3.43. The lowest BCUT2D eigenvalue weighted by atomic mass is 9.82. The Balaban J connectivity index is 2.46. The molecule has 1 unspecified atom stereocenters. The second-order valence-corrected chi connectivity index (χ2v) is 4.38. The van der Waals surface area contributed by atoms with Gasteiger partial charge in [-0.3, -0.25) is 0 Å². The summed E-state index contributed by atoms with van der Waals surface area (Å²) in [7, 11) is 0. The molecule has 59 valence electrons. The van der Waals surface area contributed by atoms with E-state index in [2.05, 4.69) is 27.2 Å². The molecule has 1 atom stereocenters. The van der Waals surface area contributed by atoms with E-state index in [0.29, 0.717) is 5.41 Å². The average Bonchev–Trinajstić information content (AvgIpc) is 1.90. The third kappa shape index (κ3) is 2.32. The zero-order valence-corrected chi connectivity index (χ0v) is 7.48. The van der Waals surface area contributed by atoms with Crippen molar-refractivity contribution in [1.29, 1.82) is 0 Å². The minimum Gasteiger partial charge on any atom is -0.0622 e. The molecule has 0 bridgehead atoms. The Hall–Kier alpha value is 0. The summed E-state index contributed by atoms with van der Waals surface area (Å²) in [5.74, 6) is 0.845. The molecule has 0 aliphatic heterocycles. The molecule has 1 radical (unpaired) electrons. The maximum atomic E-state index is 2.53. The van der Waals surface area contributed by atoms with Gasteiger partial charge in [-0.05, 0) is 24.2 Å². The topological polar surface area (TPSA) is 0 Å². The first kappa shape index (κ1) is 8.10. The maximum Gasteiger partial charge on any atom is -0.0301 e. The summed E-state index contributed by atoms with van der Waals surface area (Å²) in [5, 5.41) is 0. The number of hydrogen-bond donors (Lipinski definition) is 0. The van der Waals surface area contributed by atoms with Crippen LogP contribution < -0.4 is 0 Å². The third-order valence-electron chi connectivity index (χ3n) is 2.47. The summed E-state index contributed by atoms with van der Waals surface area (Å²) in [5.41, 5.74) is 0.510. The SMILES string of the molecule is CC1[CH]C(C)(C)CCCC1. The van der Waals surface area contributed by atoms with Crippen molar-refractivity contribution < 1.29 is 0 Å². The molecule has 0 amide bonds. The van der Waals surface area contributed by atoms with E-state index in [9.17, 15) is 0 Å². The van der Waals surface area contributed by atoms with Crippen molar-refractivity contribution in [2.75, 3.05) is 0 Å². The fraction of sp³-hybridized carbons (Fsp3) is 0.900. The largest absolute Gasteiger partial charge is 0.0622 e. The van der Waals surface area contributed by atoms with Gasteiger partial charge < -0.3 is 0 Å². The molecule has 1 aliphatic carbocycles. The van der Waals surface area contributed by atoms with Gasteiger partial charge in [-0.15, -0.1) is 0 Å². The molecule has 0 nitrogen and oxygen atoms in total. The van der Waals surface area contributed by atoms with Gasteiger partial charge in [0.25, 0.3) is 0 Å². The normalized spacial score (nSPS) is 33.3. The zero-order chi connectivity index (χ0) is 7.61. The quantitative estimate of drug-likeness (QED) is 0.451. The standard InChI is InChI=1S/C10H19/c1-9-6-4-5-7-10(2,3)8-9/h8-9H,4-7H2,1-3H3. The Kier molecular flexibility index (Phi) is 2.38. The first-order valence-electron chi connectivity index (χ1n) is 4.46. The zero-order valence-electron chi connectivity index (χ0n) is 7.48. The molecule has 0 aromatic heterocycles. The predicted molar refractivity (Wildman–Crippen MR) is 45.7 cm³/mol. The van der Waals surface area contributed by atoms with Gasteiger partial charge in [0.2, 0.25) is 0 Å². The smallest absolute Gasteiger partial charge is 0.0301 e. The van der Waals surface area contributed by atoms with Gasteiger partial charge in [0.05, 0.1) is 0 Å². The van der Waals surface area contributed by atoms with E-state index in [4.69, 9.17) is 0 Å².